The van der Waals surface area contributed by atoms with Crippen molar-refractivity contribution in [3.63, 3.8) is 0 Å². The molecule has 2 N–H and O–H groups in total. The number of ether oxygens (including phenoxy) is 1. The van der Waals surface area contributed by atoms with Gasteiger partial charge in [-0.25, -0.2) is 0 Å². The fourth-order valence-corrected chi connectivity index (χ4v) is 1.55. The zero-order chi connectivity index (χ0) is 12.0. The minimum atomic E-state index is -0.170. The average molecular weight is 221 g/mol. The molecule has 0 amide bonds. The van der Waals surface area contributed by atoms with Gasteiger partial charge in [0.1, 0.15) is 0 Å². The summed E-state index contributed by atoms with van der Waals surface area (Å²) in [4.78, 5) is 10.9. The SMILES string of the molecule is COC(=O)CCCC(N)c1ccc(C)cc1. The second-order valence-electron chi connectivity index (χ2n) is 3.99. The fraction of sp³-hybridized carbons (Fsp3) is 0.462. The van der Waals surface area contributed by atoms with Crippen molar-refractivity contribution < 1.29 is 9.53 Å². The Morgan fingerprint density at radius 3 is 2.56 bits per heavy atom. The van der Waals surface area contributed by atoms with Gasteiger partial charge in [0, 0.05) is 12.5 Å². The van der Waals surface area contributed by atoms with Gasteiger partial charge in [0.05, 0.1) is 7.11 Å². The first-order valence-corrected chi connectivity index (χ1v) is 5.52. The molecule has 3 nitrogen and oxygen atoms in total. The monoisotopic (exact) mass is 221 g/mol. The Hall–Kier alpha value is -1.35. The summed E-state index contributed by atoms with van der Waals surface area (Å²) in [5.41, 5.74) is 8.37. The van der Waals surface area contributed by atoms with Gasteiger partial charge in [0.25, 0.3) is 0 Å². The van der Waals surface area contributed by atoms with Crippen LogP contribution in [0.1, 0.15) is 36.4 Å². The summed E-state index contributed by atoms with van der Waals surface area (Å²) in [5, 5.41) is 0. The van der Waals surface area contributed by atoms with Crippen LogP contribution in [0.25, 0.3) is 0 Å². The zero-order valence-electron chi connectivity index (χ0n) is 9.90. The molecule has 0 fully saturated rings. The van der Waals surface area contributed by atoms with Gasteiger partial charge in [-0.1, -0.05) is 29.8 Å². The van der Waals surface area contributed by atoms with Gasteiger partial charge in [0.2, 0.25) is 0 Å². The summed E-state index contributed by atoms with van der Waals surface area (Å²) in [6.45, 7) is 2.05. The molecule has 1 unspecified atom stereocenters. The highest BCUT2D eigenvalue weighted by Crippen LogP contribution is 2.17. The first-order valence-electron chi connectivity index (χ1n) is 5.52. The Morgan fingerprint density at radius 1 is 1.38 bits per heavy atom. The van der Waals surface area contributed by atoms with Gasteiger partial charge in [-0.2, -0.15) is 0 Å². The lowest BCUT2D eigenvalue weighted by atomic mass is 10.0. The van der Waals surface area contributed by atoms with Gasteiger partial charge >= 0.3 is 5.97 Å². The third-order valence-electron chi connectivity index (χ3n) is 2.63. The van der Waals surface area contributed by atoms with Crippen LogP contribution in [0.5, 0.6) is 0 Å². The van der Waals surface area contributed by atoms with Crippen LogP contribution in [0.4, 0.5) is 0 Å². The second kappa shape index (κ2) is 6.28. The van der Waals surface area contributed by atoms with Crippen LogP contribution in [-0.4, -0.2) is 13.1 Å². The summed E-state index contributed by atoms with van der Waals surface area (Å²) in [6.07, 6.45) is 2.01. The highest BCUT2D eigenvalue weighted by atomic mass is 16.5. The minimum Gasteiger partial charge on any atom is -0.469 e. The first-order chi connectivity index (χ1) is 7.63. The van der Waals surface area contributed by atoms with Gasteiger partial charge in [-0.15, -0.1) is 0 Å². The molecule has 1 rings (SSSR count). The Balaban J connectivity index is 2.37. The smallest absolute Gasteiger partial charge is 0.305 e. The third kappa shape index (κ3) is 4.03. The zero-order valence-corrected chi connectivity index (χ0v) is 9.90. The number of benzene rings is 1. The molecule has 1 aromatic rings. The maximum absolute atomic E-state index is 10.9. The average Bonchev–Trinajstić information content (AvgIpc) is 2.29. The Labute approximate surface area is 96.6 Å². The molecule has 0 heterocycles. The minimum absolute atomic E-state index is 0.00487. The van der Waals surface area contributed by atoms with Crippen LogP contribution in [-0.2, 0) is 9.53 Å². The van der Waals surface area contributed by atoms with Crippen molar-refractivity contribution in [2.24, 2.45) is 5.73 Å². The number of carbonyl (C=O) groups excluding carboxylic acids is 1. The molecule has 0 bridgehead atoms. The highest BCUT2D eigenvalue weighted by Gasteiger charge is 2.07. The molecule has 0 radical (unpaired) electrons. The van der Waals surface area contributed by atoms with Crippen molar-refractivity contribution in [3.05, 3.63) is 35.4 Å². The standard InChI is InChI=1S/C13H19NO2/c1-10-6-8-11(9-7-10)12(14)4-3-5-13(15)16-2/h6-9,12H,3-5,14H2,1-2H3. The normalized spacial score (nSPS) is 12.2. The number of rotatable bonds is 5. The first kappa shape index (κ1) is 12.7. The van der Waals surface area contributed by atoms with Crippen molar-refractivity contribution in [1.82, 2.24) is 0 Å². The van der Waals surface area contributed by atoms with Crippen LogP contribution in [0.3, 0.4) is 0 Å². The van der Waals surface area contributed by atoms with Gasteiger partial charge in [-0.05, 0) is 25.3 Å². The second-order valence-corrected chi connectivity index (χ2v) is 3.99. The summed E-state index contributed by atoms with van der Waals surface area (Å²) in [6, 6.07) is 8.19. The topological polar surface area (TPSA) is 52.3 Å². The van der Waals surface area contributed by atoms with Crippen molar-refractivity contribution in [2.75, 3.05) is 7.11 Å². The van der Waals surface area contributed by atoms with Gasteiger partial charge in [-0.3, -0.25) is 4.79 Å². The van der Waals surface area contributed by atoms with Crippen molar-refractivity contribution in [2.45, 2.75) is 32.2 Å². The van der Waals surface area contributed by atoms with Crippen LogP contribution >= 0.6 is 0 Å². The van der Waals surface area contributed by atoms with E-state index >= 15 is 0 Å². The quantitative estimate of drug-likeness (QED) is 0.776. The van der Waals surface area contributed by atoms with Crippen LogP contribution in [0.2, 0.25) is 0 Å². The van der Waals surface area contributed by atoms with Crippen LogP contribution in [0.15, 0.2) is 24.3 Å². The molecule has 88 valence electrons. The maximum Gasteiger partial charge on any atom is 0.305 e. The maximum atomic E-state index is 10.9. The van der Waals surface area contributed by atoms with E-state index in [0.29, 0.717) is 6.42 Å². The predicted molar refractivity (Wildman–Crippen MR) is 64.0 cm³/mol. The van der Waals surface area contributed by atoms with Crippen molar-refractivity contribution >= 4 is 5.97 Å². The Kier molecular flexibility index (Phi) is 4.99. The van der Waals surface area contributed by atoms with E-state index in [1.165, 1.54) is 12.7 Å². The molecule has 0 aliphatic rings. The van der Waals surface area contributed by atoms with E-state index in [9.17, 15) is 4.79 Å². The number of esters is 1. The van der Waals surface area contributed by atoms with Crippen LogP contribution < -0.4 is 5.73 Å². The molecule has 16 heavy (non-hydrogen) atoms. The lowest BCUT2D eigenvalue weighted by Gasteiger charge is -2.11. The lowest BCUT2D eigenvalue weighted by Crippen LogP contribution is -2.11. The summed E-state index contributed by atoms with van der Waals surface area (Å²) < 4.78 is 4.57. The molecule has 0 aliphatic carbocycles. The number of carbonyl (C=O) groups is 1. The number of hydrogen-bond acceptors (Lipinski definition) is 3. The van der Waals surface area contributed by atoms with E-state index in [4.69, 9.17) is 5.73 Å². The van der Waals surface area contributed by atoms with Crippen molar-refractivity contribution in [3.8, 4) is 0 Å². The van der Waals surface area contributed by atoms with Crippen molar-refractivity contribution in [1.29, 1.82) is 0 Å². The van der Waals surface area contributed by atoms with E-state index in [1.54, 1.807) is 0 Å². The molecule has 0 aliphatic heterocycles. The molecule has 0 saturated carbocycles. The van der Waals surface area contributed by atoms with Gasteiger partial charge in [0.15, 0.2) is 0 Å². The molecule has 0 spiro atoms. The summed E-state index contributed by atoms with van der Waals surface area (Å²) >= 11 is 0. The van der Waals surface area contributed by atoms with Gasteiger partial charge < -0.3 is 10.5 Å². The largest absolute Gasteiger partial charge is 0.469 e. The van der Waals surface area contributed by atoms with E-state index < -0.39 is 0 Å². The fourth-order valence-electron chi connectivity index (χ4n) is 1.55. The van der Waals surface area contributed by atoms with E-state index in [2.05, 4.69) is 16.9 Å². The molecule has 3 heteroatoms. The summed E-state index contributed by atoms with van der Waals surface area (Å²) in [7, 11) is 1.40. The number of hydrogen-bond donors (Lipinski definition) is 1. The highest BCUT2D eigenvalue weighted by molar-refractivity contribution is 5.68. The van der Waals surface area contributed by atoms with E-state index in [-0.39, 0.29) is 12.0 Å². The third-order valence-corrected chi connectivity index (χ3v) is 2.63. The van der Waals surface area contributed by atoms with E-state index in [0.717, 1.165) is 18.4 Å². The Bertz CT molecular complexity index is 332. The summed E-state index contributed by atoms with van der Waals surface area (Å²) in [5.74, 6) is -0.170. The molecule has 1 atom stereocenters. The number of methoxy groups -OCH3 is 1. The number of aryl methyl sites for hydroxylation is 1. The lowest BCUT2D eigenvalue weighted by molar-refractivity contribution is -0.140. The van der Waals surface area contributed by atoms with Crippen LogP contribution in [0, 0.1) is 6.92 Å². The molecule has 1 aromatic carbocycles. The Morgan fingerprint density at radius 2 is 2.00 bits per heavy atom. The predicted octanol–water partition coefficient (Wildman–Crippen LogP) is 2.34. The molecular weight excluding hydrogens is 202 g/mol. The molecular formula is C13H19NO2. The number of nitrogens with two attached hydrogens (primary N) is 1. The molecule has 0 aromatic heterocycles. The molecule has 0 saturated heterocycles. The van der Waals surface area contributed by atoms with E-state index in [1.807, 2.05) is 19.1 Å².